The van der Waals surface area contributed by atoms with E-state index in [9.17, 15) is 9.90 Å². The van der Waals surface area contributed by atoms with Crippen molar-refractivity contribution in [1.82, 2.24) is 38.8 Å². The normalized spacial score (nSPS) is 13.1. The smallest absolute Gasteiger partial charge is 0.407 e. The third-order valence-electron chi connectivity index (χ3n) is 10.1. The lowest BCUT2D eigenvalue weighted by Gasteiger charge is -2.37. The summed E-state index contributed by atoms with van der Waals surface area (Å²) in [5.41, 5.74) is 4.50. The number of nitrogens with zero attached hydrogens (tertiary/aromatic N) is 8. The van der Waals surface area contributed by atoms with E-state index in [1.54, 1.807) is 62.5 Å². The number of likely N-dealkylation sites (tertiary alicyclic amines) is 1. The molecular weight excluding hydrogens is 793 g/mol. The zero-order valence-corrected chi connectivity index (χ0v) is 34.0. The third kappa shape index (κ3) is 8.17. The second-order valence-corrected chi connectivity index (χ2v) is 17.0. The van der Waals surface area contributed by atoms with Gasteiger partial charge in [-0.3, -0.25) is 4.40 Å². The molecule has 0 saturated carbocycles. The number of ether oxygens (including phenoxy) is 3. The highest BCUT2D eigenvalue weighted by atomic mass is 32.2. The van der Waals surface area contributed by atoms with Gasteiger partial charge in [-0.2, -0.15) is 4.31 Å². The van der Waals surface area contributed by atoms with Gasteiger partial charge in [0, 0.05) is 54.3 Å². The molecular formula is C42H40N8O7S2. The van der Waals surface area contributed by atoms with Gasteiger partial charge in [0.05, 0.1) is 39.1 Å². The van der Waals surface area contributed by atoms with Crippen LogP contribution in [0.15, 0.2) is 125 Å². The zero-order chi connectivity index (χ0) is 41.1. The fraction of sp³-hybridized carbons (Fsp3) is 0.214. The van der Waals surface area contributed by atoms with E-state index >= 15 is 8.42 Å². The molecule has 0 aliphatic carbocycles. The number of thioether (sulfide) groups is 1. The molecule has 15 nitrogen and oxygen atoms in total. The Labute approximate surface area is 344 Å². The molecule has 59 heavy (non-hydrogen) atoms. The molecule has 0 unspecified atom stereocenters. The van der Waals surface area contributed by atoms with Crippen molar-refractivity contribution in [2.75, 3.05) is 34.4 Å². The molecule has 0 bridgehead atoms. The van der Waals surface area contributed by atoms with Crippen molar-refractivity contribution in [3.8, 4) is 39.9 Å². The van der Waals surface area contributed by atoms with Crippen LogP contribution in [0.3, 0.4) is 0 Å². The van der Waals surface area contributed by atoms with Gasteiger partial charge in [0.25, 0.3) is 0 Å². The molecule has 1 saturated heterocycles. The molecule has 7 aromatic rings. The van der Waals surface area contributed by atoms with Crippen LogP contribution in [-0.2, 0) is 29.7 Å². The number of amides is 1. The maximum absolute atomic E-state index is 16.0. The van der Waals surface area contributed by atoms with Gasteiger partial charge >= 0.3 is 6.09 Å². The second kappa shape index (κ2) is 16.8. The summed E-state index contributed by atoms with van der Waals surface area (Å²) in [6, 6.07) is 31.3. The largest absolute Gasteiger partial charge is 0.497 e. The molecule has 17 heteroatoms. The summed E-state index contributed by atoms with van der Waals surface area (Å²) >= 11 is 1.32. The number of carbonyl (C=O) groups is 1. The van der Waals surface area contributed by atoms with Crippen LogP contribution in [0.5, 0.6) is 17.2 Å². The lowest BCUT2D eigenvalue weighted by Crippen LogP contribution is -2.51. The van der Waals surface area contributed by atoms with Crippen LogP contribution in [0.1, 0.15) is 16.7 Å². The molecule has 4 heterocycles. The Morgan fingerprint density at radius 3 is 1.98 bits per heavy atom. The van der Waals surface area contributed by atoms with E-state index < -0.39 is 16.1 Å². The van der Waals surface area contributed by atoms with Crippen LogP contribution >= 0.6 is 11.8 Å². The van der Waals surface area contributed by atoms with Crippen LogP contribution in [0.25, 0.3) is 28.3 Å². The molecule has 1 N–H and O–H groups in total. The maximum atomic E-state index is 16.0. The second-order valence-electron chi connectivity index (χ2n) is 13.8. The lowest BCUT2D eigenvalue weighted by molar-refractivity contribution is 0.121. The van der Waals surface area contributed by atoms with Gasteiger partial charge in [0.2, 0.25) is 10.0 Å². The third-order valence-corrected chi connectivity index (χ3v) is 13.4. The van der Waals surface area contributed by atoms with Crippen molar-refractivity contribution in [2.45, 2.75) is 34.7 Å². The Hall–Kier alpha value is -6.43. The Kier molecular flexibility index (Phi) is 11.2. The highest BCUT2D eigenvalue weighted by Crippen LogP contribution is 2.45. The SMILES string of the molecule is COc1ccc(CN(Cc2ccc(OC)cc2)S(=O)(=O)c2c(SC3CN(C(=O)O)C3)ccc(-c3cccc4nccn34)c2-c2nnnn2Cc2ccc(OC)cc2)cc1. The minimum atomic E-state index is -4.48. The van der Waals surface area contributed by atoms with Crippen LogP contribution in [0, 0.1) is 0 Å². The number of hydrogen-bond donors (Lipinski definition) is 1. The van der Waals surface area contributed by atoms with Crippen LogP contribution < -0.4 is 14.2 Å². The number of imidazole rings is 1. The average Bonchev–Trinajstić information content (AvgIpc) is 3.92. The zero-order valence-electron chi connectivity index (χ0n) is 32.4. The fourth-order valence-electron chi connectivity index (χ4n) is 6.98. The monoisotopic (exact) mass is 832 g/mol. The molecule has 302 valence electrons. The van der Waals surface area contributed by atoms with E-state index in [-0.39, 0.29) is 48.7 Å². The van der Waals surface area contributed by atoms with Crippen molar-refractivity contribution in [1.29, 1.82) is 0 Å². The summed E-state index contributed by atoms with van der Waals surface area (Å²) in [4.78, 5) is 18.0. The quantitative estimate of drug-likeness (QED) is 0.118. The number of fused-ring (bicyclic) bond motifs is 1. The van der Waals surface area contributed by atoms with Gasteiger partial charge < -0.3 is 24.2 Å². The summed E-state index contributed by atoms with van der Waals surface area (Å²) in [5.74, 6) is 2.19. The number of sulfonamides is 1. The van der Waals surface area contributed by atoms with Crippen LogP contribution in [0.2, 0.25) is 0 Å². The van der Waals surface area contributed by atoms with Crippen molar-refractivity contribution < 1.29 is 32.5 Å². The first-order valence-electron chi connectivity index (χ1n) is 18.5. The number of aromatic nitrogens is 6. The number of methoxy groups -OCH3 is 3. The van der Waals surface area contributed by atoms with Crippen molar-refractivity contribution in [3.05, 3.63) is 132 Å². The number of rotatable bonds is 15. The summed E-state index contributed by atoms with van der Waals surface area (Å²) < 4.78 is 53.0. The molecule has 8 rings (SSSR count). The number of tetrazole rings is 1. The van der Waals surface area contributed by atoms with Gasteiger partial charge in [-0.25, -0.2) is 22.9 Å². The molecule has 3 aromatic heterocycles. The first-order valence-corrected chi connectivity index (χ1v) is 20.9. The van der Waals surface area contributed by atoms with E-state index in [1.165, 1.54) is 21.0 Å². The Bertz CT molecular complexity index is 2650. The average molecular weight is 833 g/mol. The topological polar surface area (TPSA) is 167 Å². The van der Waals surface area contributed by atoms with Crippen molar-refractivity contribution >= 4 is 33.5 Å². The molecule has 4 aromatic carbocycles. The first kappa shape index (κ1) is 39.4. The molecule has 1 aliphatic rings. The van der Waals surface area contributed by atoms with Crippen LogP contribution in [-0.4, -0.2) is 98.1 Å². The summed E-state index contributed by atoms with van der Waals surface area (Å²) in [6.07, 6.45) is 2.48. The summed E-state index contributed by atoms with van der Waals surface area (Å²) in [7, 11) is 0.275. The predicted molar refractivity (Wildman–Crippen MR) is 221 cm³/mol. The van der Waals surface area contributed by atoms with Crippen LogP contribution in [0.4, 0.5) is 4.79 Å². The standard InChI is InChI=1S/C42H40N8O7S2/c1-55-31-13-7-28(8-14-31)23-48(24-29-9-15-32(56-2)16-10-29)59(53,54)40-37(58-34-26-47(27-34)42(51)52)20-19-35(36-5-4-6-38-43-21-22-49(36)38)39(40)41-44-45-46-50(41)25-30-11-17-33(57-3)18-12-30/h4-22,34H,23-27H2,1-3H3,(H,51,52). The highest BCUT2D eigenvalue weighted by Gasteiger charge is 2.38. The highest BCUT2D eigenvalue weighted by molar-refractivity contribution is 8.00. The van der Waals surface area contributed by atoms with E-state index in [0.717, 1.165) is 16.7 Å². The molecule has 0 radical (unpaired) electrons. The van der Waals surface area contributed by atoms with Gasteiger partial charge in [-0.15, -0.1) is 16.9 Å². The van der Waals surface area contributed by atoms with Gasteiger partial charge in [0.1, 0.15) is 27.8 Å². The number of benzene rings is 4. The van der Waals surface area contributed by atoms with Gasteiger partial charge in [0.15, 0.2) is 5.82 Å². The molecule has 1 aliphatic heterocycles. The van der Waals surface area contributed by atoms with E-state index in [2.05, 4.69) is 20.5 Å². The molecule has 0 spiro atoms. The van der Waals surface area contributed by atoms with E-state index in [4.69, 9.17) is 14.2 Å². The minimum absolute atomic E-state index is 0.00121. The number of hydrogen-bond acceptors (Lipinski definition) is 11. The van der Waals surface area contributed by atoms with Gasteiger partial charge in [-0.05, 0) is 81.7 Å². The Balaban J connectivity index is 1.36. The maximum Gasteiger partial charge on any atom is 0.407 e. The summed E-state index contributed by atoms with van der Waals surface area (Å²) in [6.45, 7) is 0.713. The Morgan fingerprint density at radius 1 is 0.814 bits per heavy atom. The Morgan fingerprint density at radius 2 is 1.41 bits per heavy atom. The van der Waals surface area contributed by atoms with E-state index in [1.807, 2.05) is 83.4 Å². The number of pyridine rings is 1. The summed E-state index contributed by atoms with van der Waals surface area (Å²) in [5, 5.41) is 22.5. The van der Waals surface area contributed by atoms with Crippen molar-refractivity contribution in [3.63, 3.8) is 0 Å². The molecule has 0 atom stereocenters. The lowest BCUT2D eigenvalue weighted by atomic mass is 10.0. The first-order chi connectivity index (χ1) is 28.6. The van der Waals surface area contributed by atoms with Gasteiger partial charge in [-0.1, -0.05) is 48.5 Å². The van der Waals surface area contributed by atoms with Crippen molar-refractivity contribution in [2.24, 2.45) is 0 Å². The molecule has 1 fully saturated rings. The predicted octanol–water partition coefficient (Wildman–Crippen LogP) is 6.57. The minimum Gasteiger partial charge on any atom is -0.497 e. The molecule has 1 amide bonds. The number of carboxylic acid groups (broad SMARTS) is 1. The van der Waals surface area contributed by atoms with E-state index in [0.29, 0.717) is 44.6 Å². The fourth-order valence-corrected chi connectivity index (χ4v) is 10.3.